The molecule has 2 aromatic carbocycles. The zero-order valence-corrected chi connectivity index (χ0v) is 13.4. The Labute approximate surface area is 132 Å². The maximum Gasteiger partial charge on any atom is 0.229 e. The van der Waals surface area contributed by atoms with Gasteiger partial charge in [-0.2, -0.15) is 0 Å². The van der Waals surface area contributed by atoms with Gasteiger partial charge in [0.05, 0.1) is 5.92 Å². The lowest BCUT2D eigenvalue weighted by molar-refractivity contribution is -0.120. The van der Waals surface area contributed by atoms with Gasteiger partial charge in [0.25, 0.3) is 0 Å². The Morgan fingerprint density at radius 1 is 1.10 bits per heavy atom. The highest BCUT2D eigenvalue weighted by Gasteiger charge is 2.22. The molecular formula is C16H17IN2O. The zero-order chi connectivity index (χ0) is 14.5. The van der Waals surface area contributed by atoms with E-state index in [1.54, 1.807) is 0 Å². The van der Waals surface area contributed by atoms with E-state index in [2.05, 4.69) is 27.9 Å². The third-order valence-corrected chi connectivity index (χ3v) is 3.97. The van der Waals surface area contributed by atoms with Crippen molar-refractivity contribution in [2.24, 2.45) is 11.7 Å². The molecule has 3 nitrogen and oxygen atoms in total. The van der Waals surface area contributed by atoms with Crippen LogP contribution in [-0.2, 0) is 4.79 Å². The minimum Gasteiger partial charge on any atom is -0.326 e. The van der Waals surface area contributed by atoms with Crippen LogP contribution in [0.4, 0.5) is 5.69 Å². The lowest BCUT2D eigenvalue weighted by Crippen LogP contribution is -2.30. The Hall–Kier alpha value is -1.40. The average Bonchev–Trinajstić information content (AvgIpc) is 2.49. The number of hydrogen-bond donors (Lipinski definition) is 2. The molecule has 4 heteroatoms. The summed E-state index contributed by atoms with van der Waals surface area (Å²) in [6.07, 6.45) is 0. The minimum atomic E-state index is -0.306. The second kappa shape index (κ2) is 6.85. The van der Waals surface area contributed by atoms with Gasteiger partial charge in [-0.1, -0.05) is 37.3 Å². The fourth-order valence-electron chi connectivity index (χ4n) is 1.92. The van der Waals surface area contributed by atoms with Crippen LogP contribution in [0.3, 0.4) is 0 Å². The van der Waals surface area contributed by atoms with Gasteiger partial charge in [-0.3, -0.25) is 4.79 Å². The van der Waals surface area contributed by atoms with Crippen LogP contribution in [0, 0.1) is 9.49 Å². The molecule has 2 unspecified atom stereocenters. The summed E-state index contributed by atoms with van der Waals surface area (Å²) in [5.41, 5.74) is 7.92. The summed E-state index contributed by atoms with van der Waals surface area (Å²) in [5.74, 6) is -0.362. The molecule has 3 N–H and O–H groups in total. The summed E-state index contributed by atoms with van der Waals surface area (Å²) >= 11 is 2.23. The number of anilines is 1. The van der Waals surface area contributed by atoms with Gasteiger partial charge in [-0.05, 0) is 52.4 Å². The summed E-state index contributed by atoms with van der Waals surface area (Å²) in [7, 11) is 0. The summed E-state index contributed by atoms with van der Waals surface area (Å²) in [5, 5.41) is 2.90. The third-order valence-electron chi connectivity index (χ3n) is 3.25. The maximum absolute atomic E-state index is 12.2. The molecule has 0 aromatic heterocycles. The monoisotopic (exact) mass is 380 g/mol. The molecule has 0 spiro atoms. The molecule has 2 atom stereocenters. The smallest absolute Gasteiger partial charge is 0.229 e. The van der Waals surface area contributed by atoms with Crippen molar-refractivity contribution in [1.82, 2.24) is 0 Å². The van der Waals surface area contributed by atoms with E-state index in [0.29, 0.717) is 0 Å². The number of halogens is 1. The number of nitrogens with one attached hydrogen (secondary N) is 1. The molecule has 2 rings (SSSR count). The fraction of sp³-hybridized carbons (Fsp3) is 0.188. The second-order valence-corrected chi connectivity index (χ2v) is 5.97. The van der Waals surface area contributed by atoms with E-state index in [1.165, 1.54) is 0 Å². The molecule has 20 heavy (non-hydrogen) atoms. The van der Waals surface area contributed by atoms with E-state index >= 15 is 0 Å². The highest BCUT2D eigenvalue weighted by molar-refractivity contribution is 14.1. The van der Waals surface area contributed by atoms with Crippen molar-refractivity contribution in [2.45, 2.75) is 13.0 Å². The average molecular weight is 380 g/mol. The van der Waals surface area contributed by atoms with Crippen LogP contribution < -0.4 is 11.1 Å². The highest BCUT2D eigenvalue weighted by Crippen LogP contribution is 2.21. The molecule has 0 aliphatic rings. The van der Waals surface area contributed by atoms with Crippen LogP contribution in [0.15, 0.2) is 54.6 Å². The number of nitrogens with two attached hydrogens (primary N) is 1. The van der Waals surface area contributed by atoms with Crippen molar-refractivity contribution < 1.29 is 4.79 Å². The summed E-state index contributed by atoms with van der Waals surface area (Å²) in [6, 6.07) is 17.1. The molecule has 0 saturated carbocycles. The van der Waals surface area contributed by atoms with Gasteiger partial charge in [0.2, 0.25) is 5.91 Å². The number of hydrogen-bond acceptors (Lipinski definition) is 2. The van der Waals surface area contributed by atoms with E-state index < -0.39 is 0 Å². The number of benzene rings is 2. The van der Waals surface area contributed by atoms with Crippen molar-refractivity contribution in [3.8, 4) is 0 Å². The van der Waals surface area contributed by atoms with Gasteiger partial charge in [0.1, 0.15) is 0 Å². The van der Waals surface area contributed by atoms with Crippen LogP contribution in [-0.4, -0.2) is 5.91 Å². The van der Waals surface area contributed by atoms with Crippen molar-refractivity contribution in [2.75, 3.05) is 5.32 Å². The Balaban J connectivity index is 2.03. The lowest BCUT2D eigenvalue weighted by Gasteiger charge is -2.19. The van der Waals surface area contributed by atoms with Crippen LogP contribution >= 0.6 is 22.6 Å². The van der Waals surface area contributed by atoms with Gasteiger partial charge in [-0.25, -0.2) is 0 Å². The molecule has 0 fully saturated rings. The fourth-order valence-corrected chi connectivity index (χ4v) is 2.28. The molecule has 0 radical (unpaired) electrons. The summed E-state index contributed by atoms with van der Waals surface area (Å²) < 4.78 is 1.13. The van der Waals surface area contributed by atoms with Gasteiger partial charge >= 0.3 is 0 Å². The first-order valence-electron chi connectivity index (χ1n) is 6.45. The first-order chi connectivity index (χ1) is 9.58. The van der Waals surface area contributed by atoms with Gasteiger partial charge in [0.15, 0.2) is 0 Å². The van der Waals surface area contributed by atoms with Crippen molar-refractivity contribution >= 4 is 34.2 Å². The maximum atomic E-state index is 12.2. The van der Waals surface area contributed by atoms with Crippen LogP contribution in [0.2, 0.25) is 0 Å². The predicted molar refractivity (Wildman–Crippen MR) is 90.3 cm³/mol. The molecule has 104 valence electrons. The van der Waals surface area contributed by atoms with Crippen LogP contribution in [0.5, 0.6) is 0 Å². The van der Waals surface area contributed by atoms with Crippen LogP contribution in [0.1, 0.15) is 18.5 Å². The van der Waals surface area contributed by atoms with Crippen molar-refractivity contribution in [3.63, 3.8) is 0 Å². The number of carbonyl (C=O) groups excluding carboxylic acids is 1. The van der Waals surface area contributed by atoms with E-state index in [9.17, 15) is 4.79 Å². The Kier molecular flexibility index (Phi) is 5.14. The Morgan fingerprint density at radius 3 is 2.30 bits per heavy atom. The van der Waals surface area contributed by atoms with Gasteiger partial charge in [-0.15, -0.1) is 0 Å². The zero-order valence-electron chi connectivity index (χ0n) is 11.2. The molecule has 2 aromatic rings. The SMILES string of the molecule is CC(C(=O)Nc1ccc(I)cc1)C(N)c1ccccc1. The molecule has 0 heterocycles. The first-order valence-corrected chi connectivity index (χ1v) is 7.53. The topological polar surface area (TPSA) is 55.1 Å². The molecule has 1 amide bonds. The van der Waals surface area contributed by atoms with E-state index in [4.69, 9.17) is 5.73 Å². The van der Waals surface area contributed by atoms with E-state index in [1.807, 2.05) is 61.5 Å². The number of carbonyl (C=O) groups is 1. The Bertz CT molecular complexity index is 569. The predicted octanol–water partition coefficient (Wildman–Crippen LogP) is 3.57. The van der Waals surface area contributed by atoms with Gasteiger partial charge in [0, 0.05) is 15.3 Å². The second-order valence-electron chi connectivity index (χ2n) is 4.72. The number of rotatable bonds is 4. The Morgan fingerprint density at radius 2 is 1.70 bits per heavy atom. The quantitative estimate of drug-likeness (QED) is 0.797. The minimum absolute atomic E-state index is 0.0671. The normalized spacial score (nSPS) is 13.6. The van der Waals surface area contributed by atoms with E-state index in [-0.39, 0.29) is 17.9 Å². The molecule has 0 aliphatic carbocycles. The molecule has 0 aliphatic heterocycles. The first kappa shape index (κ1) is 15.0. The lowest BCUT2D eigenvalue weighted by atomic mass is 9.94. The standard InChI is InChI=1S/C16H17IN2O/c1-11(15(18)12-5-3-2-4-6-12)16(20)19-14-9-7-13(17)8-10-14/h2-11,15H,18H2,1H3,(H,19,20). The molecular weight excluding hydrogens is 363 g/mol. The number of amides is 1. The van der Waals surface area contributed by atoms with Gasteiger partial charge < -0.3 is 11.1 Å². The summed E-state index contributed by atoms with van der Waals surface area (Å²) in [4.78, 5) is 12.2. The third kappa shape index (κ3) is 3.80. The largest absolute Gasteiger partial charge is 0.326 e. The van der Waals surface area contributed by atoms with Crippen LogP contribution in [0.25, 0.3) is 0 Å². The van der Waals surface area contributed by atoms with Crippen molar-refractivity contribution in [3.05, 3.63) is 63.7 Å². The molecule has 0 bridgehead atoms. The highest BCUT2D eigenvalue weighted by atomic mass is 127. The van der Waals surface area contributed by atoms with Crippen molar-refractivity contribution in [1.29, 1.82) is 0 Å². The van der Waals surface area contributed by atoms with E-state index in [0.717, 1.165) is 14.8 Å². The summed E-state index contributed by atoms with van der Waals surface area (Å²) in [6.45, 7) is 1.85. The molecule has 0 saturated heterocycles.